The minimum Gasteiger partial charge on any atom is -0.394 e. The van der Waals surface area contributed by atoms with Crippen molar-refractivity contribution in [2.75, 3.05) is 6.61 Å². The number of fused-ring (bicyclic) bond motifs is 1. The molecule has 168 valence electrons. The van der Waals surface area contributed by atoms with Gasteiger partial charge in [0, 0.05) is 11.6 Å². The second-order valence-corrected chi connectivity index (χ2v) is 7.31. The van der Waals surface area contributed by atoms with Gasteiger partial charge in [-0.1, -0.05) is 6.07 Å². The number of rotatable bonds is 6. The monoisotopic (exact) mass is 450 g/mol. The molecule has 0 aliphatic rings. The van der Waals surface area contributed by atoms with E-state index in [-0.39, 0.29) is 6.54 Å². The Morgan fingerprint density at radius 1 is 1.06 bits per heavy atom. The maximum atomic E-state index is 14.1. The van der Waals surface area contributed by atoms with Gasteiger partial charge in [-0.2, -0.15) is 18.3 Å². The van der Waals surface area contributed by atoms with E-state index in [1.54, 1.807) is 0 Å². The predicted octanol–water partition coefficient (Wildman–Crippen LogP) is 2.51. The average molecular weight is 450 g/mol. The van der Waals surface area contributed by atoms with Crippen molar-refractivity contribution in [1.82, 2.24) is 19.3 Å². The van der Waals surface area contributed by atoms with Crippen molar-refractivity contribution in [3.05, 3.63) is 78.3 Å². The first-order valence-corrected chi connectivity index (χ1v) is 9.48. The van der Waals surface area contributed by atoms with E-state index in [4.69, 9.17) is 5.11 Å². The van der Waals surface area contributed by atoms with E-state index < -0.39 is 41.6 Å². The highest BCUT2D eigenvalue weighted by atomic mass is 19.4. The van der Waals surface area contributed by atoms with Gasteiger partial charge in [-0.05, 0) is 42.0 Å². The second-order valence-electron chi connectivity index (χ2n) is 7.31. The quantitative estimate of drug-likeness (QED) is 0.393. The van der Waals surface area contributed by atoms with Crippen molar-refractivity contribution in [3.8, 4) is 5.69 Å². The fourth-order valence-corrected chi connectivity index (χ4v) is 3.45. The Morgan fingerprint density at radius 3 is 2.44 bits per heavy atom. The summed E-state index contributed by atoms with van der Waals surface area (Å²) >= 11 is 0. The van der Waals surface area contributed by atoms with Gasteiger partial charge >= 0.3 is 6.18 Å². The number of aliphatic hydroxyl groups excluding tert-OH is 2. The Bertz CT molecular complexity index is 1240. The van der Waals surface area contributed by atoms with Crippen LogP contribution in [0, 0.1) is 5.82 Å². The van der Waals surface area contributed by atoms with Crippen molar-refractivity contribution < 1.29 is 32.9 Å². The van der Waals surface area contributed by atoms with E-state index in [1.165, 1.54) is 41.2 Å². The van der Waals surface area contributed by atoms with Crippen molar-refractivity contribution in [3.63, 3.8) is 0 Å². The fourth-order valence-electron chi connectivity index (χ4n) is 3.45. The number of aliphatic hydroxyl groups is 3. The SMILES string of the molecule is OCC(O)Cn1cnc(C(O)(c2ccc3c(cnn3-c3ccc(F)cc3)c2)C(F)(F)F)c1. The third-order valence-electron chi connectivity index (χ3n) is 5.10. The lowest BCUT2D eigenvalue weighted by atomic mass is 9.89. The van der Waals surface area contributed by atoms with Gasteiger partial charge in [0.05, 0.1) is 43.0 Å². The Morgan fingerprint density at radius 2 is 1.78 bits per heavy atom. The zero-order valence-electron chi connectivity index (χ0n) is 16.4. The molecule has 0 bridgehead atoms. The number of alkyl halides is 3. The van der Waals surface area contributed by atoms with Crippen LogP contribution in [0.1, 0.15) is 11.3 Å². The zero-order chi connectivity index (χ0) is 23.1. The lowest BCUT2D eigenvalue weighted by Gasteiger charge is -2.29. The van der Waals surface area contributed by atoms with Crippen LogP contribution in [0.2, 0.25) is 0 Å². The summed E-state index contributed by atoms with van der Waals surface area (Å²) in [5.74, 6) is -0.436. The number of hydrogen-bond donors (Lipinski definition) is 3. The molecule has 4 aromatic rings. The van der Waals surface area contributed by atoms with Crippen LogP contribution in [0.25, 0.3) is 16.6 Å². The molecule has 2 heterocycles. The molecule has 0 fully saturated rings. The first kappa shape index (κ1) is 21.9. The summed E-state index contributed by atoms with van der Waals surface area (Å²) in [6.45, 7) is -0.771. The van der Waals surface area contributed by atoms with Gasteiger partial charge in [0.25, 0.3) is 0 Å². The normalized spacial score (nSPS) is 15.1. The van der Waals surface area contributed by atoms with Crippen molar-refractivity contribution in [2.45, 2.75) is 24.4 Å². The van der Waals surface area contributed by atoms with Crippen molar-refractivity contribution >= 4 is 10.9 Å². The van der Waals surface area contributed by atoms with Crippen molar-refractivity contribution in [1.29, 1.82) is 0 Å². The Balaban J connectivity index is 1.77. The summed E-state index contributed by atoms with van der Waals surface area (Å²) in [7, 11) is 0. The molecular formula is C21H18F4N4O3. The molecule has 0 aliphatic heterocycles. The second kappa shape index (κ2) is 8.01. The Labute approximate surface area is 178 Å². The van der Waals surface area contributed by atoms with Crippen LogP contribution in [0.5, 0.6) is 0 Å². The molecule has 11 heteroatoms. The molecule has 0 spiro atoms. The van der Waals surface area contributed by atoms with E-state index >= 15 is 0 Å². The van der Waals surface area contributed by atoms with Crippen molar-refractivity contribution in [2.24, 2.45) is 0 Å². The van der Waals surface area contributed by atoms with Crippen LogP contribution in [0.4, 0.5) is 17.6 Å². The summed E-state index contributed by atoms with van der Waals surface area (Å²) < 4.78 is 58.0. The van der Waals surface area contributed by atoms with E-state index in [0.717, 1.165) is 29.2 Å². The van der Waals surface area contributed by atoms with E-state index in [0.29, 0.717) is 16.6 Å². The highest BCUT2D eigenvalue weighted by Gasteiger charge is 2.58. The van der Waals surface area contributed by atoms with E-state index in [1.807, 2.05) is 0 Å². The molecular weight excluding hydrogens is 432 g/mol. The van der Waals surface area contributed by atoms with Crippen LogP contribution in [-0.2, 0) is 12.1 Å². The minimum absolute atomic E-state index is 0.194. The molecule has 0 radical (unpaired) electrons. The summed E-state index contributed by atoms with van der Waals surface area (Å²) in [6.07, 6.45) is -2.95. The number of halogens is 4. The van der Waals surface area contributed by atoms with Crippen LogP contribution >= 0.6 is 0 Å². The lowest BCUT2D eigenvalue weighted by molar-refractivity contribution is -0.249. The smallest absolute Gasteiger partial charge is 0.394 e. The number of hydrogen-bond acceptors (Lipinski definition) is 5. The Kier molecular flexibility index (Phi) is 5.49. The minimum atomic E-state index is -5.11. The van der Waals surface area contributed by atoms with Gasteiger partial charge in [-0.15, -0.1) is 0 Å². The largest absolute Gasteiger partial charge is 0.427 e. The van der Waals surface area contributed by atoms with Crippen LogP contribution in [-0.4, -0.2) is 53.5 Å². The highest BCUT2D eigenvalue weighted by molar-refractivity contribution is 5.81. The molecule has 2 atom stereocenters. The van der Waals surface area contributed by atoms with E-state index in [9.17, 15) is 27.8 Å². The van der Waals surface area contributed by atoms with Gasteiger partial charge in [0.1, 0.15) is 11.5 Å². The molecule has 0 saturated heterocycles. The first-order chi connectivity index (χ1) is 15.1. The maximum absolute atomic E-state index is 14.1. The van der Waals surface area contributed by atoms with Crippen LogP contribution < -0.4 is 0 Å². The van der Waals surface area contributed by atoms with Crippen LogP contribution in [0.3, 0.4) is 0 Å². The summed E-state index contributed by atoms with van der Waals surface area (Å²) in [4.78, 5) is 3.70. The summed E-state index contributed by atoms with van der Waals surface area (Å²) in [6, 6.07) is 9.11. The molecule has 0 aliphatic carbocycles. The first-order valence-electron chi connectivity index (χ1n) is 9.48. The third-order valence-corrected chi connectivity index (χ3v) is 5.10. The number of nitrogens with zero attached hydrogens (tertiary/aromatic N) is 4. The molecule has 0 saturated carbocycles. The summed E-state index contributed by atoms with van der Waals surface area (Å²) in [5, 5.41) is 33.8. The van der Waals surface area contributed by atoms with Gasteiger partial charge in [0.15, 0.2) is 0 Å². The number of aromatic nitrogens is 4. The summed E-state index contributed by atoms with van der Waals surface area (Å²) in [5.41, 5.74) is -3.60. The molecule has 2 unspecified atom stereocenters. The Hall–Kier alpha value is -3.28. The molecule has 7 nitrogen and oxygen atoms in total. The van der Waals surface area contributed by atoms with Gasteiger partial charge in [0.2, 0.25) is 5.60 Å². The van der Waals surface area contributed by atoms with Crippen LogP contribution in [0.15, 0.2) is 61.2 Å². The standard InChI is InChI=1S/C21H18F4N4O3/c22-15-2-4-16(5-3-15)29-18-6-1-14(7-13(18)8-27-29)20(32,21(23,24)25)19-10-28(12-26-19)9-17(31)11-30/h1-8,10,12,17,30-32H,9,11H2. The van der Waals surface area contributed by atoms with Gasteiger partial charge in [-0.25, -0.2) is 14.1 Å². The topological polar surface area (TPSA) is 96.3 Å². The maximum Gasteiger partial charge on any atom is 0.427 e. The van der Waals surface area contributed by atoms with E-state index in [2.05, 4.69) is 10.1 Å². The fraction of sp³-hybridized carbons (Fsp3) is 0.238. The average Bonchev–Trinajstić information content (AvgIpc) is 3.39. The predicted molar refractivity (Wildman–Crippen MR) is 105 cm³/mol. The molecule has 0 amide bonds. The molecule has 2 aromatic carbocycles. The number of imidazole rings is 1. The number of benzene rings is 2. The van der Waals surface area contributed by atoms with Gasteiger partial charge < -0.3 is 19.9 Å². The molecule has 4 rings (SSSR count). The highest BCUT2D eigenvalue weighted by Crippen LogP contribution is 2.44. The molecule has 2 aromatic heterocycles. The van der Waals surface area contributed by atoms with Gasteiger partial charge in [-0.3, -0.25) is 0 Å². The zero-order valence-corrected chi connectivity index (χ0v) is 16.4. The molecule has 32 heavy (non-hydrogen) atoms. The molecule has 3 N–H and O–H groups in total. The third kappa shape index (κ3) is 3.74. The lowest BCUT2D eigenvalue weighted by Crippen LogP contribution is -2.43.